The predicted octanol–water partition coefficient (Wildman–Crippen LogP) is 5.04. The first kappa shape index (κ1) is 19.2. The number of carbonyl (C=O) groups excluding carboxylic acids is 2. The van der Waals surface area contributed by atoms with Crippen LogP contribution in [-0.2, 0) is 9.47 Å². The molecule has 1 saturated carbocycles. The minimum Gasteiger partial charge on any atom is -0.462 e. The van der Waals surface area contributed by atoms with Crippen molar-refractivity contribution in [2.24, 2.45) is 5.92 Å². The van der Waals surface area contributed by atoms with E-state index in [0.717, 1.165) is 6.42 Å². The molecule has 3 rings (SSSR count). The number of benzene rings is 2. The fraction of sp³-hybridized carbons (Fsp3) is 0.391. The molecule has 2 aromatic rings. The Hall–Kier alpha value is -2.62. The number of ether oxygens (including phenoxy) is 2. The molecule has 1 atom stereocenters. The summed E-state index contributed by atoms with van der Waals surface area (Å²) in [5.41, 5.74) is 1.08. The summed E-state index contributed by atoms with van der Waals surface area (Å²) in [5.74, 6) is -0.0685. The van der Waals surface area contributed by atoms with E-state index in [0.29, 0.717) is 23.5 Å². The average molecular weight is 366 g/mol. The van der Waals surface area contributed by atoms with Crippen LogP contribution in [0.3, 0.4) is 0 Å². The molecule has 0 aliphatic heterocycles. The van der Waals surface area contributed by atoms with Gasteiger partial charge in [0.1, 0.15) is 6.10 Å². The molecule has 0 saturated heterocycles. The van der Waals surface area contributed by atoms with Gasteiger partial charge in [-0.3, -0.25) is 0 Å². The first-order valence-corrected chi connectivity index (χ1v) is 9.70. The highest BCUT2D eigenvalue weighted by atomic mass is 16.6. The van der Waals surface area contributed by atoms with Gasteiger partial charge in [-0.25, -0.2) is 9.59 Å². The predicted molar refractivity (Wildman–Crippen MR) is 104 cm³/mol. The zero-order valence-corrected chi connectivity index (χ0v) is 15.5. The molecule has 1 fully saturated rings. The molecule has 142 valence electrons. The van der Waals surface area contributed by atoms with Gasteiger partial charge in [0.05, 0.1) is 17.7 Å². The highest BCUT2D eigenvalue weighted by Crippen LogP contribution is 2.30. The second-order valence-corrected chi connectivity index (χ2v) is 7.07. The average Bonchev–Trinajstić information content (AvgIpc) is 3.22. The summed E-state index contributed by atoms with van der Waals surface area (Å²) in [6.07, 6.45) is 5.98. The number of hydrogen-bond acceptors (Lipinski definition) is 4. The van der Waals surface area contributed by atoms with Crippen LogP contribution in [0, 0.1) is 5.92 Å². The van der Waals surface area contributed by atoms with Gasteiger partial charge in [-0.05, 0) is 36.6 Å². The van der Waals surface area contributed by atoms with Crippen LogP contribution in [0.15, 0.2) is 60.7 Å². The third kappa shape index (κ3) is 5.95. The van der Waals surface area contributed by atoms with Crippen LogP contribution in [0.25, 0.3) is 0 Å². The summed E-state index contributed by atoms with van der Waals surface area (Å²) in [5, 5.41) is 0. The lowest BCUT2D eigenvalue weighted by molar-refractivity contribution is 0.0126. The molecule has 1 aliphatic carbocycles. The molecule has 4 heteroatoms. The molecular weight excluding hydrogens is 340 g/mol. The van der Waals surface area contributed by atoms with Crippen molar-refractivity contribution >= 4 is 11.9 Å². The van der Waals surface area contributed by atoms with Crippen LogP contribution in [0.2, 0.25) is 0 Å². The topological polar surface area (TPSA) is 52.6 Å². The van der Waals surface area contributed by atoms with Crippen molar-refractivity contribution in [3.05, 3.63) is 71.8 Å². The highest BCUT2D eigenvalue weighted by molar-refractivity contribution is 5.89. The van der Waals surface area contributed by atoms with E-state index in [1.807, 2.05) is 24.3 Å². The Bertz CT molecular complexity index is 721. The van der Waals surface area contributed by atoms with E-state index in [9.17, 15) is 9.59 Å². The lowest BCUT2D eigenvalue weighted by atomic mass is 9.98. The lowest BCUT2D eigenvalue weighted by Crippen LogP contribution is -2.23. The quantitative estimate of drug-likeness (QED) is 0.614. The zero-order valence-electron chi connectivity index (χ0n) is 15.5. The van der Waals surface area contributed by atoms with Crippen molar-refractivity contribution in [1.29, 1.82) is 0 Å². The van der Waals surface area contributed by atoms with Gasteiger partial charge in [0.2, 0.25) is 0 Å². The maximum absolute atomic E-state index is 12.4. The molecule has 0 spiro atoms. The van der Waals surface area contributed by atoms with E-state index in [1.54, 1.807) is 36.4 Å². The Morgan fingerprint density at radius 2 is 1.41 bits per heavy atom. The SMILES string of the molecule is O=C(OCCC(CC1CCCC1)OC(=O)c1ccccc1)c1ccccc1. The minimum atomic E-state index is -0.343. The highest BCUT2D eigenvalue weighted by Gasteiger charge is 2.24. The molecule has 27 heavy (non-hydrogen) atoms. The Balaban J connectivity index is 1.54. The lowest BCUT2D eigenvalue weighted by Gasteiger charge is -2.21. The smallest absolute Gasteiger partial charge is 0.338 e. The third-order valence-corrected chi connectivity index (χ3v) is 5.04. The van der Waals surface area contributed by atoms with E-state index >= 15 is 0 Å². The Kier molecular flexibility index (Phi) is 7.03. The van der Waals surface area contributed by atoms with Gasteiger partial charge in [-0.15, -0.1) is 0 Å². The van der Waals surface area contributed by atoms with Crippen molar-refractivity contribution in [3.8, 4) is 0 Å². The molecule has 0 N–H and O–H groups in total. The molecule has 4 nitrogen and oxygen atoms in total. The normalized spacial score (nSPS) is 15.3. The molecular formula is C23H26O4. The zero-order chi connectivity index (χ0) is 18.9. The van der Waals surface area contributed by atoms with Crippen LogP contribution in [0.5, 0.6) is 0 Å². The summed E-state index contributed by atoms with van der Waals surface area (Å²) in [4.78, 5) is 24.5. The van der Waals surface area contributed by atoms with Gasteiger partial charge in [-0.2, -0.15) is 0 Å². The Morgan fingerprint density at radius 1 is 0.852 bits per heavy atom. The number of carbonyl (C=O) groups is 2. The number of esters is 2. The number of hydrogen-bond donors (Lipinski definition) is 0. The van der Waals surface area contributed by atoms with Crippen LogP contribution < -0.4 is 0 Å². The van der Waals surface area contributed by atoms with E-state index < -0.39 is 0 Å². The van der Waals surface area contributed by atoms with Crippen molar-refractivity contribution in [1.82, 2.24) is 0 Å². The minimum absolute atomic E-state index is 0.232. The molecule has 0 amide bonds. The molecule has 0 radical (unpaired) electrons. The molecule has 1 aliphatic rings. The fourth-order valence-electron chi connectivity index (χ4n) is 3.58. The molecule has 0 bridgehead atoms. The van der Waals surface area contributed by atoms with Gasteiger partial charge in [0.15, 0.2) is 0 Å². The van der Waals surface area contributed by atoms with E-state index in [2.05, 4.69) is 0 Å². The van der Waals surface area contributed by atoms with E-state index in [1.165, 1.54) is 25.7 Å². The monoisotopic (exact) mass is 366 g/mol. The Morgan fingerprint density at radius 3 is 2.00 bits per heavy atom. The van der Waals surface area contributed by atoms with E-state index in [4.69, 9.17) is 9.47 Å². The van der Waals surface area contributed by atoms with Crippen molar-refractivity contribution < 1.29 is 19.1 Å². The van der Waals surface area contributed by atoms with Gasteiger partial charge >= 0.3 is 11.9 Å². The van der Waals surface area contributed by atoms with Crippen molar-refractivity contribution in [2.75, 3.05) is 6.61 Å². The summed E-state index contributed by atoms with van der Waals surface area (Å²) in [6.45, 7) is 0.243. The van der Waals surface area contributed by atoms with Crippen molar-refractivity contribution in [3.63, 3.8) is 0 Å². The van der Waals surface area contributed by atoms with Crippen molar-refractivity contribution in [2.45, 2.75) is 44.6 Å². The van der Waals surface area contributed by atoms with Gasteiger partial charge in [-0.1, -0.05) is 62.1 Å². The summed E-state index contributed by atoms with van der Waals surface area (Å²) in [6, 6.07) is 18.0. The summed E-state index contributed by atoms with van der Waals surface area (Å²) >= 11 is 0. The molecule has 1 unspecified atom stereocenters. The molecule has 2 aromatic carbocycles. The van der Waals surface area contributed by atoms with Gasteiger partial charge in [0.25, 0.3) is 0 Å². The van der Waals surface area contributed by atoms with Crippen LogP contribution >= 0.6 is 0 Å². The maximum atomic E-state index is 12.4. The third-order valence-electron chi connectivity index (χ3n) is 5.04. The second kappa shape index (κ2) is 9.91. The van der Waals surface area contributed by atoms with Crippen LogP contribution in [0.4, 0.5) is 0 Å². The fourth-order valence-corrected chi connectivity index (χ4v) is 3.58. The maximum Gasteiger partial charge on any atom is 0.338 e. The Labute approximate surface area is 160 Å². The first-order chi connectivity index (χ1) is 13.2. The molecule has 0 aromatic heterocycles. The van der Waals surface area contributed by atoms with Crippen LogP contribution in [0.1, 0.15) is 59.2 Å². The summed E-state index contributed by atoms with van der Waals surface area (Å²) in [7, 11) is 0. The second-order valence-electron chi connectivity index (χ2n) is 7.07. The molecule has 0 heterocycles. The van der Waals surface area contributed by atoms with Crippen LogP contribution in [-0.4, -0.2) is 24.6 Å². The van der Waals surface area contributed by atoms with Gasteiger partial charge in [0, 0.05) is 6.42 Å². The standard InChI is InChI=1S/C23H26O4/c24-22(19-11-3-1-4-12-19)26-16-15-21(17-18-9-7-8-10-18)27-23(25)20-13-5-2-6-14-20/h1-6,11-14,18,21H,7-10,15-17H2. The largest absolute Gasteiger partial charge is 0.462 e. The number of rotatable bonds is 8. The summed E-state index contributed by atoms with van der Waals surface area (Å²) < 4.78 is 11.1. The van der Waals surface area contributed by atoms with Gasteiger partial charge < -0.3 is 9.47 Å². The first-order valence-electron chi connectivity index (χ1n) is 9.70. The van der Waals surface area contributed by atoms with E-state index in [-0.39, 0.29) is 24.6 Å².